The van der Waals surface area contributed by atoms with Crippen LogP contribution in [0.15, 0.2) is 36.4 Å². The number of sulfonamides is 1. The Morgan fingerprint density at radius 3 is 2.59 bits per heavy atom. The first kappa shape index (κ1) is 24.8. The standard InChI is InChI=1S/C23H28Cl2N2O4S/c1-16-8-9-22(17(2)13-16)31-12-10-26-23(28)18-5-4-11-27(14-18)32(29,30)15-19-20(24)6-3-7-21(19)25/h3,6-9,13,18H,4-5,10-12,14-15H2,1-2H3,(H,26,28). The molecule has 6 nitrogen and oxygen atoms in total. The van der Waals surface area contributed by atoms with Crippen molar-refractivity contribution in [2.24, 2.45) is 5.92 Å². The van der Waals surface area contributed by atoms with E-state index in [1.165, 1.54) is 4.31 Å². The number of benzene rings is 2. The summed E-state index contributed by atoms with van der Waals surface area (Å²) < 4.78 is 33.0. The van der Waals surface area contributed by atoms with E-state index in [0.717, 1.165) is 16.9 Å². The third-order valence-corrected chi connectivity index (χ3v) is 8.01. The lowest BCUT2D eigenvalue weighted by Crippen LogP contribution is -2.46. The molecule has 1 fully saturated rings. The van der Waals surface area contributed by atoms with Crippen molar-refractivity contribution >= 4 is 39.1 Å². The lowest BCUT2D eigenvalue weighted by molar-refractivity contribution is -0.126. The van der Waals surface area contributed by atoms with Crippen molar-refractivity contribution in [3.05, 3.63) is 63.1 Å². The van der Waals surface area contributed by atoms with E-state index in [9.17, 15) is 13.2 Å². The smallest absolute Gasteiger partial charge is 0.224 e. The summed E-state index contributed by atoms with van der Waals surface area (Å²) in [5, 5.41) is 3.50. The molecule has 0 aliphatic carbocycles. The van der Waals surface area contributed by atoms with E-state index in [0.29, 0.717) is 48.1 Å². The lowest BCUT2D eigenvalue weighted by Gasteiger charge is -2.31. The molecule has 1 atom stereocenters. The number of amides is 1. The highest BCUT2D eigenvalue weighted by atomic mass is 35.5. The molecule has 1 amide bonds. The molecule has 3 rings (SSSR count). The normalized spacial score (nSPS) is 17.2. The summed E-state index contributed by atoms with van der Waals surface area (Å²) in [5.74, 6) is -0.0619. The fourth-order valence-electron chi connectivity index (χ4n) is 3.79. The van der Waals surface area contributed by atoms with Crippen molar-refractivity contribution in [2.45, 2.75) is 32.4 Å². The van der Waals surface area contributed by atoms with Gasteiger partial charge in [0.05, 0.1) is 18.2 Å². The maximum atomic E-state index is 13.0. The molecule has 1 aliphatic rings. The van der Waals surface area contributed by atoms with Crippen molar-refractivity contribution in [1.29, 1.82) is 0 Å². The predicted molar refractivity (Wildman–Crippen MR) is 128 cm³/mol. The molecule has 1 aliphatic heterocycles. The summed E-state index contributed by atoms with van der Waals surface area (Å²) >= 11 is 12.3. The topological polar surface area (TPSA) is 75.7 Å². The predicted octanol–water partition coefficient (Wildman–Crippen LogP) is 4.35. The molecule has 0 radical (unpaired) electrons. The highest BCUT2D eigenvalue weighted by molar-refractivity contribution is 7.88. The van der Waals surface area contributed by atoms with Crippen LogP contribution in [-0.4, -0.2) is 44.9 Å². The summed E-state index contributed by atoms with van der Waals surface area (Å²) in [4.78, 5) is 12.6. The van der Waals surface area contributed by atoms with Crippen LogP contribution in [-0.2, 0) is 20.6 Å². The molecule has 0 saturated carbocycles. The third-order valence-electron chi connectivity index (χ3n) is 5.53. The lowest BCUT2D eigenvalue weighted by atomic mass is 9.99. The Bertz CT molecular complexity index is 1060. The molecule has 1 N–H and O–H groups in total. The van der Waals surface area contributed by atoms with Crippen LogP contribution in [0.5, 0.6) is 5.75 Å². The molecule has 9 heteroatoms. The van der Waals surface area contributed by atoms with Crippen LogP contribution < -0.4 is 10.1 Å². The van der Waals surface area contributed by atoms with E-state index in [4.69, 9.17) is 27.9 Å². The highest BCUT2D eigenvalue weighted by Crippen LogP contribution is 2.29. The summed E-state index contributed by atoms with van der Waals surface area (Å²) in [7, 11) is -3.66. The Morgan fingerprint density at radius 1 is 1.19 bits per heavy atom. The van der Waals surface area contributed by atoms with E-state index in [-0.39, 0.29) is 18.2 Å². The number of aryl methyl sites for hydroxylation is 2. The minimum atomic E-state index is -3.66. The van der Waals surface area contributed by atoms with Gasteiger partial charge in [0.1, 0.15) is 12.4 Å². The van der Waals surface area contributed by atoms with E-state index in [1.54, 1.807) is 18.2 Å². The number of hydrogen-bond donors (Lipinski definition) is 1. The average molecular weight is 499 g/mol. The van der Waals surface area contributed by atoms with E-state index in [1.807, 2.05) is 32.0 Å². The first-order valence-corrected chi connectivity index (χ1v) is 12.9. The van der Waals surface area contributed by atoms with Crippen molar-refractivity contribution in [3.63, 3.8) is 0 Å². The summed E-state index contributed by atoms with van der Waals surface area (Å²) in [5.41, 5.74) is 2.59. The second-order valence-corrected chi connectivity index (χ2v) is 10.8. The first-order chi connectivity index (χ1) is 15.2. The molecule has 0 aromatic heterocycles. The van der Waals surface area contributed by atoms with Crippen LogP contribution in [0.1, 0.15) is 29.5 Å². The maximum absolute atomic E-state index is 13.0. The Balaban J connectivity index is 1.52. The Labute approximate surface area is 199 Å². The molecule has 32 heavy (non-hydrogen) atoms. The fraction of sp³-hybridized carbons (Fsp3) is 0.435. The van der Waals surface area contributed by atoms with Gasteiger partial charge in [-0.3, -0.25) is 4.79 Å². The molecule has 2 aromatic carbocycles. The molecule has 0 bridgehead atoms. The number of nitrogens with one attached hydrogen (secondary N) is 1. The molecule has 1 unspecified atom stereocenters. The van der Waals surface area contributed by atoms with Gasteiger partial charge < -0.3 is 10.1 Å². The SMILES string of the molecule is Cc1ccc(OCCNC(=O)C2CCCN(S(=O)(=O)Cc3c(Cl)cccc3Cl)C2)c(C)c1. The van der Waals surface area contributed by atoms with Crippen molar-refractivity contribution in [2.75, 3.05) is 26.2 Å². The van der Waals surface area contributed by atoms with Crippen molar-refractivity contribution < 1.29 is 17.9 Å². The first-order valence-electron chi connectivity index (χ1n) is 10.6. The van der Waals surface area contributed by atoms with Gasteiger partial charge in [-0.15, -0.1) is 0 Å². The quantitative estimate of drug-likeness (QED) is 0.549. The van der Waals surface area contributed by atoms with E-state index >= 15 is 0 Å². The second kappa shape index (κ2) is 10.9. The van der Waals surface area contributed by atoms with Crippen molar-refractivity contribution in [3.8, 4) is 5.75 Å². The summed E-state index contributed by atoms with van der Waals surface area (Å²) in [6, 6.07) is 10.8. The van der Waals surface area contributed by atoms with Gasteiger partial charge in [-0.25, -0.2) is 12.7 Å². The van der Waals surface area contributed by atoms with Gasteiger partial charge in [0.2, 0.25) is 15.9 Å². The Morgan fingerprint density at radius 2 is 1.91 bits per heavy atom. The number of halogens is 2. The van der Waals surface area contributed by atoms with E-state index < -0.39 is 15.9 Å². The molecule has 174 valence electrons. The minimum absolute atomic E-state index is 0.147. The van der Waals surface area contributed by atoms with Crippen LogP contribution in [0, 0.1) is 19.8 Å². The average Bonchev–Trinajstić information content (AvgIpc) is 2.75. The van der Waals surface area contributed by atoms with Gasteiger partial charge in [0, 0.05) is 28.7 Å². The Hall–Kier alpha value is -1.80. The van der Waals surface area contributed by atoms with Gasteiger partial charge in [-0.05, 0) is 50.5 Å². The zero-order valence-electron chi connectivity index (χ0n) is 18.2. The molecular formula is C23H28Cl2N2O4S. The fourth-order valence-corrected chi connectivity index (χ4v) is 6.16. The van der Waals surface area contributed by atoms with Gasteiger partial charge in [-0.1, -0.05) is 47.0 Å². The number of hydrogen-bond acceptors (Lipinski definition) is 4. The van der Waals surface area contributed by atoms with E-state index in [2.05, 4.69) is 5.32 Å². The summed E-state index contributed by atoms with van der Waals surface area (Å²) in [6.07, 6.45) is 1.26. The molecular weight excluding hydrogens is 471 g/mol. The molecule has 2 aromatic rings. The monoisotopic (exact) mass is 498 g/mol. The molecule has 0 spiro atoms. The zero-order valence-corrected chi connectivity index (χ0v) is 20.6. The largest absolute Gasteiger partial charge is 0.491 e. The molecule has 1 saturated heterocycles. The van der Waals surface area contributed by atoms with Crippen molar-refractivity contribution in [1.82, 2.24) is 9.62 Å². The summed E-state index contributed by atoms with van der Waals surface area (Å²) in [6.45, 7) is 5.22. The van der Waals surface area contributed by atoms with Crippen LogP contribution in [0.4, 0.5) is 0 Å². The third kappa shape index (κ3) is 6.38. The second-order valence-electron chi connectivity index (χ2n) is 8.06. The van der Waals surface area contributed by atoms with Crippen LogP contribution >= 0.6 is 23.2 Å². The number of rotatable bonds is 8. The van der Waals surface area contributed by atoms with Gasteiger partial charge in [0.25, 0.3) is 0 Å². The van der Waals surface area contributed by atoms with Crippen LogP contribution in [0.3, 0.4) is 0 Å². The number of carbonyl (C=O) groups is 1. The Kier molecular flexibility index (Phi) is 8.44. The number of nitrogens with zero attached hydrogens (tertiary/aromatic N) is 1. The van der Waals surface area contributed by atoms with Gasteiger partial charge in [-0.2, -0.15) is 0 Å². The van der Waals surface area contributed by atoms with Gasteiger partial charge in [0.15, 0.2) is 0 Å². The number of ether oxygens (including phenoxy) is 1. The highest BCUT2D eigenvalue weighted by Gasteiger charge is 2.33. The minimum Gasteiger partial charge on any atom is -0.491 e. The maximum Gasteiger partial charge on any atom is 0.224 e. The zero-order chi connectivity index (χ0) is 23.3. The number of piperidine rings is 1. The van der Waals surface area contributed by atoms with Gasteiger partial charge >= 0.3 is 0 Å². The van der Waals surface area contributed by atoms with Crippen LogP contribution in [0.2, 0.25) is 10.0 Å². The molecule has 1 heterocycles. The van der Waals surface area contributed by atoms with Crippen LogP contribution in [0.25, 0.3) is 0 Å². The number of carbonyl (C=O) groups excluding carboxylic acids is 1.